The van der Waals surface area contributed by atoms with E-state index in [1.54, 1.807) is 18.2 Å². The summed E-state index contributed by atoms with van der Waals surface area (Å²) in [6.07, 6.45) is 3.36. The summed E-state index contributed by atoms with van der Waals surface area (Å²) in [7, 11) is 0. The summed E-state index contributed by atoms with van der Waals surface area (Å²) in [5.41, 5.74) is 0.955. The molecule has 0 radical (unpaired) electrons. The number of allylic oxidation sites excluding steroid dienone is 1. The fourth-order valence-electron chi connectivity index (χ4n) is 1.46. The number of hydrogen-bond acceptors (Lipinski definition) is 3. The maximum absolute atomic E-state index is 11.7. The molecule has 2 rings (SSSR count). The molecule has 3 heteroatoms. The summed E-state index contributed by atoms with van der Waals surface area (Å²) in [6.45, 7) is 0. The van der Waals surface area contributed by atoms with Crippen LogP contribution in [0.25, 0.3) is 6.08 Å². The molecule has 1 fully saturated rings. The van der Waals surface area contributed by atoms with Gasteiger partial charge < -0.3 is 5.11 Å². The minimum Gasteiger partial charge on any atom is -0.508 e. The second-order valence-corrected chi connectivity index (χ2v) is 3.90. The van der Waals surface area contributed by atoms with Crippen LogP contribution >= 0.6 is 0 Å². The summed E-state index contributed by atoms with van der Waals surface area (Å²) >= 11 is 0. The Labute approximate surface area is 93.6 Å². The minimum atomic E-state index is -0.0597. The third kappa shape index (κ3) is 2.29. The molecular formula is C13H11NO2. The van der Waals surface area contributed by atoms with E-state index >= 15 is 0 Å². The van der Waals surface area contributed by atoms with Gasteiger partial charge in [0.2, 0.25) is 0 Å². The van der Waals surface area contributed by atoms with E-state index in [-0.39, 0.29) is 23.0 Å². The average molecular weight is 213 g/mol. The summed E-state index contributed by atoms with van der Waals surface area (Å²) < 4.78 is 0. The number of benzene rings is 1. The van der Waals surface area contributed by atoms with E-state index in [9.17, 15) is 4.79 Å². The third-order valence-corrected chi connectivity index (χ3v) is 2.54. The first-order valence-corrected chi connectivity index (χ1v) is 5.16. The SMILES string of the molecule is N#C/C(=C\c1ccc(O)cc1)C(=O)C1CC1. The van der Waals surface area contributed by atoms with Crippen LogP contribution in [-0.4, -0.2) is 10.9 Å². The molecule has 1 aliphatic rings. The van der Waals surface area contributed by atoms with E-state index in [1.165, 1.54) is 12.1 Å². The van der Waals surface area contributed by atoms with Gasteiger partial charge in [-0.25, -0.2) is 0 Å². The molecule has 0 aliphatic heterocycles. The number of nitrogens with zero attached hydrogens (tertiary/aromatic N) is 1. The molecule has 0 saturated heterocycles. The zero-order valence-electron chi connectivity index (χ0n) is 8.68. The first-order valence-electron chi connectivity index (χ1n) is 5.16. The number of Topliss-reactive ketones (excluding diaryl/α,β-unsaturated/α-hetero) is 1. The maximum Gasteiger partial charge on any atom is 0.176 e. The molecule has 1 N–H and O–H groups in total. The maximum atomic E-state index is 11.7. The second kappa shape index (κ2) is 4.19. The van der Waals surface area contributed by atoms with Crippen LogP contribution in [0, 0.1) is 17.2 Å². The van der Waals surface area contributed by atoms with Gasteiger partial charge in [-0.1, -0.05) is 12.1 Å². The Morgan fingerprint density at radius 1 is 1.38 bits per heavy atom. The molecule has 0 amide bonds. The van der Waals surface area contributed by atoms with Crippen LogP contribution in [0.1, 0.15) is 18.4 Å². The zero-order chi connectivity index (χ0) is 11.5. The molecule has 0 aromatic heterocycles. The number of carbonyl (C=O) groups is 1. The van der Waals surface area contributed by atoms with Gasteiger partial charge in [0.1, 0.15) is 11.8 Å². The van der Waals surface area contributed by atoms with Gasteiger partial charge in [0.05, 0.1) is 5.57 Å². The highest BCUT2D eigenvalue weighted by atomic mass is 16.3. The minimum absolute atomic E-state index is 0.0583. The Morgan fingerprint density at radius 2 is 2.00 bits per heavy atom. The van der Waals surface area contributed by atoms with Crippen molar-refractivity contribution in [3.63, 3.8) is 0 Å². The molecule has 0 bridgehead atoms. The molecule has 0 heterocycles. The molecule has 16 heavy (non-hydrogen) atoms. The predicted octanol–water partition coefficient (Wildman–Crippen LogP) is 2.28. The molecule has 1 aromatic rings. The first kappa shape index (κ1) is 10.4. The lowest BCUT2D eigenvalue weighted by Crippen LogP contribution is -2.02. The quantitative estimate of drug-likeness (QED) is 0.619. The molecule has 3 nitrogen and oxygen atoms in total. The van der Waals surface area contributed by atoms with Crippen LogP contribution in [0.2, 0.25) is 0 Å². The van der Waals surface area contributed by atoms with Crippen molar-refractivity contribution in [2.45, 2.75) is 12.8 Å². The van der Waals surface area contributed by atoms with E-state index < -0.39 is 0 Å². The van der Waals surface area contributed by atoms with Crippen molar-refractivity contribution < 1.29 is 9.90 Å². The lowest BCUT2D eigenvalue weighted by Gasteiger charge is -1.97. The Balaban J connectivity index is 2.23. The van der Waals surface area contributed by atoms with E-state index in [0.29, 0.717) is 0 Å². The first-order chi connectivity index (χ1) is 7.70. The predicted molar refractivity (Wildman–Crippen MR) is 59.4 cm³/mol. The Hall–Kier alpha value is -2.08. The number of phenols is 1. The van der Waals surface area contributed by atoms with E-state index in [1.807, 2.05) is 6.07 Å². The van der Waals surface area contributed by atoms with Crippen LogP contribution in [0.3, 0.4) is 0 Å². The highest BCUT2D eigenvalue weighted by Gasteiger charge is 2.31. The number of carbonyl (C=O) groups excluding carboxylic acids is 1. The molecule has 1 aliphatic carbocycles. The van der Waals surface area contributed by atoms with Crippen LogP contribution in [0.15, 0.2) is 29.8 Å². The van der Waals surface area contributed by atoms with Crippen molar-refractivity contribution in [2.24, 2.45) is 5.92 Å². The van der Waals surface area contributed by atoms with Gasteiger partial charge in [-0.05, 0) is 36.6 Å². The van der Waals surface area contributed by atoms with Gasteiger partial charge in [-0.15, -0.1) is 0 Å². The van der Waals surface area contributed by atoms with Crippen molar-refractivity contribution >= 4 is 11.9 Å². The number of ketones is 1. The summed E-state index contributed by atoms with van der Waals surface area (Å²) in [5.74, 6) is 0.169. The molecule has 80 valence electrons. The van der Waals surface area contributed by atoms with Gasteiger partial charge >= 0.3 is 0 Å². The number of nitriles is 1. The summed E-state index contributed by atoms with van der Waals surface area (Å²) in [4.78, 5) is 11.7. The van der Waals surface area contributed by atoms with Gasteiger partial charge in [-0.3, -0.25) is 4.79 Å². The van der Waals surface area contributed by atoms with Crippen molar-refractivity contribution in [3.8, 4) is 11.8 Å². The van der Waals surface area contributed by atoms with Crippen LogP contribution < -0.4 is 0 Å². The van der Waals surface area contributed by atoms with E-state index in [4.69, 9.17) is 10.4 Å². The Kier molecular flexibility index (Phi) is 2.74. The molecule has 1 aromatic carbocycles. The summed E-state index contributed by atoms with van der Waals surface area (Å²) in [6, 6.07) is 8.34. The zero-order valence-corrected chi connectivity index (χ0v) is 8.68. The second-order valence-electron chi connectivity index (χ2n) is 3.90. The number of phenolic OH excluding ortho intramolecular Hbond substituents is 1. The molecule has 0 unspecified atom stereocenters. The Bertz CT molecular complexity index is 476. The molecule has 1 saturated carbocycles. The van der Waals surface area contributed by atoms with Crippen molar-refractivity contribution in [2.75, 3.05) is 0 Å². The van der Waals surface area contributed by atoms with Crippen LogP contribution in [-0.2, 0) is 4.79 Å². The van der Waals surface area contributed by atoms with Gasteiger partial charge in [0.25, 0.3) is 0 Å². The van der Waals surface area contributed by atoms with Gasteiger partial charge in [0.15, 0.2) is 5.78 Å². The molecule has 0 spiro atoms. The van der Waals surface area contributed by atoms with E-state index in [0.717, 1.165) is 18.4 Å². The highest BCUT2D eigenvalue weighted by molar-refractivity contribution is 6.05. The van der Waals surface area contributed by atoms with Crippen LogP contribution in [0.4, 0.5) is 0 Å². The lowest BCUT2D eigenvalue weighted by atomic mass is 10.1. The lowest BCUT2D eigenvalue weighted by molar-refractivity contribution is -0.116. The molecular weight excluding hydrogens is 202 g/mol. The Morgan fingerprint density at radius 3 is 2.50 bits per heavy atom. The third-order valence-electron chi connectivity index (χ3n) is 2.54. The average Bonchev–Trinajstić information content (AvgIpc) is 3.11. The number of hydrogen-bond donors (Lipinski definition) is 1. The summed E-state index contributed by atoms with van der Waals surface area (Å²) in [5, 5.41) is 18.0. The standard InChI is InChI=1S/C13H11NO2/c14-8-11(13(16)10-3-4-10)7-9-1-5-12(15)6-2-9/h1-2,5-7,10,15H,3-4H2/b11-7+. The molecule has 0 atom stereocenters. The largest absolute Gasteiger partial charge is 0.508 e. The number of rotatable bonds is 3. The van der Waals surface area contributed by atoms with E-state index in [2.05, 4.69) is 0 Å². The van der Waals surface area contributed by atoms with Crippen LogP contribution in [0.5, 0.6) is 5.75 Å². The fourth-order valence-corrected chi connectivity index (χ4v) is 1.46. The van der Waals surface area contributed by atoms with Gasteiger partial charge in [0, 0.05) is 5.92 Å². The highest BCUT2D eigenvalue weighted by Crippen LogP contribution is 2.32. The monoisotopic (exact) mass is 213 g/mol. The normalized spacial score (nSPS) is 15.6. The smallest absolute Gasteiger partial charge is 0.176 e. The van der Waals surface area contributed by atoms with Crippen molar-refractivity contribution in [3.05, 3.63) is 35.4 Å². The van der Waals surface area contributed by atoms with Crippen molar-refractivity contribution in [1.82, 2.24) is 0 Å². The fraction of sp³-hybridized carbons (Fsp3) is 0.231. The van der Waals surface area contributed by atoms with Crippen molar-refractivity contribution in [1.29, 1.82) is 5.26 Å². The number of aromatic hydroxyl groups is 1. The van der Waals surface area contributed by atoms with Gasteiger partial charge in [-0.2, -0.15) is 5.26 Å². The topological polar surface area (TPSA) is 61.1 Å².